The van der Waals surface area contributed by atoms with Crippen molar-refractivity contribution in [1.82, 2.24) is 15.1 Å². The summed E-state index contributed by atoms with van der Waals surface area (Å²) in [4.78, 5) is 5.45. The Morgan fingerprint density at radius 1 is 0.875 bits per heavy atom. The van der Waals surface area contributed by atoms with Crippen LogP contribution in [0, 0.1) is 11.3 Å². The fourth-order valence-corrected chi connectivity index (χ4v) is 5.95. The molecule has 1 N–H and O–H groups in total. The van der Waals surface area contributed by atoms with Crippen molar-refractivity contribution >= 4 is 0 Å². The number of likely N-dealkylation sites (tertiary alicyclic amines) is 2. The summed E-state index contributed by atoms with van der Waals surface area (Å²) < 4.78 is 0. The van der Waals surface area contributed by atoms with Gasteiger partial charge < -0.3 is 10.2 Å². The smallest absolute Gasteiger partial charge is 0.0296 e. The molecule has 2 atom stereocenters. The molecule has 3 heteroatoms. The van der Waals surface area contributed by atoms with Crippen molar-refractivity contribution in [2.24, 2.45) is 11.3 Å². The van der Waals surface area contributed by atoms with Crippen molar-refractivity contribution in [2.75, 3.05) is 39.3 Å². The van der Waals surface area contributed by atoms with E-state index in [1.165, 1.54) is 68.8 Å². The first-order valence-electron chi connectivity index (χ1n) is 12.4. The average Bonchev–Trinajstić information content (AvgIpc) is 3.21. The van der Waals surface area contributed by atoms with E-state index in [1.54, 1.807) is 0 Å². The number of piperidine rings is 1. The molecule has 2 aromatic carbocycles. The van der Waals surface area contributed by atoms with Gasteiger partial charge in [-0.15, -0.1) is 0 Å². The van der Waals surface area contributed by atoms with E-state index in [2.05, 4.69) is 94.0 Å². The number of benzene rings is 2. The second kappa shape index (κ2) is 10.1. The van der Waals surface area contributed by atoms with Gasteiger partial charge in [-0.2, -0.15) is 0 Å². The van der Waals surface area contributed by atoms with Crippen LogP contribution in [0.5, 0.6) is 0 Å². The van der Waals surface area contributed by atoms with E-state index in [1.807, 2.05) is 0 Å². The van der Waals surface area contributed by atoms with E-state index in [9.17, 15) is 0 Å². The van der Waals surface area contributed by atoms with Crippen LogP contribution < -0.4 is 5.32 Å². The third-order valence-corrected chi connectivity index (χ3v) is 7.66. The van der Waals surface area contributed by atoms with Crippen LogP contribution >= 0.6 is 0 Å². The number of hydrogen-bond acceptors (Lipinski definition) is 3. The normalized spacial score (nSPS) is 26.0. The first kappa shape index (κ1) is 21.5. The van der Waals surface area contributed by atoms with Gasteiger partial charge in [-0.05, 0) is 55.3 Å². The van der Waals surface area contributed by atoms with Gasteiger partial charge in [-0.25, -0.2) is 0 Å². The largest absolute Gasteiger partial charge is 0.385 e. The molecule has 1 aliphatic carbocycles. The Morgan fingerprint density at radius 2 is 1.62 bits per heavy atom. The molecule has 0 aromatic heterocycles. The first-order chi connectivity index (χ1) is 15.8. The van der Waals surface area contributed by atoms with E-state index >= 15 is 0 Å². The van der Waals surface area contributed by atoms with Crippen LogP contribution in [0.25, 0.3) is 0 Å². The molecule has 168 valence electrons. The highest BCUT2D eigenvalue weighted by molar-refractivity contribution is 5.22. The first-order valence-corrected chi connectivity index (χ1v) is 12.4. The number of hydrogen-bond donors (Lipinski definition) is 1. The van der Waals surface area contributed by atoms with Crippen molar-refractivity contribution in [2.45, 2.75) is 32.2 Å². The van der Waals surface area contributed by atoms with Crippen molar-refractivity contribution < 1.29 is 0 Å². The van der Waals surface area contributed by atoms with Crippen LogP contribution in [-0.2, 0) is 13.0 Å². The molecule has 3 aliphatic rings. The summed E-state index contributed by atoms with van der Waals surface area (Å²) in [5.41, 5.74) is 4.55. The molecule has 2 aromatic rings. The Hall–Kier alpha value is -2.36. The van der Waals surface area contributed by atoms with Crippen LogP contribution in [0.2, 0.25) is 0 Å². The van der Waals surface area contributed by atoms with Gasteiger partial charge in [0.2, 0.25) is 0 Å². The quantitative estimate of drug-likeness (QED) is 0.648. The number of nitrogens with one attached hydrogen (secondary N) is 1. The molecule has 0 radical (unpaired) electrons. The predicted octanol–water partition coefficient (Wildman–Crippen LogP) is 4.88. The Labute approximate surface area is 193 Å². The maximum atomic E-state index is 3.85. The minimum Gasteiger partial charge on any atom is -0.385 e. The van der Waals surface area contributed by atoms with E-state index in [0.29, 0.717) is 5.41 Å². The van der Waals surface area contributed by atoms with E-state index < -0.39 is 0 Å². The van der Waals surface area contributed by atoms with Crippen molar-refractivity contribution in [3.05, 3.63) is 95.7 Å². The summed E-state index contributed by atoms with van der Waals surface area (Å²) in [6.07, 6.45) is 11.8. The zero-order valence-electron chi connectivity index (χ0n) is 19.3. The molecule has 0 spiro atoms. The van der Waals surface area contributed by atoms with Gasteiger partial charge in [-0.1, -0.05) is 72.8 Å². The summed E-state index contributed by atoms with van der Waals surface area (Å²) in [5, 5.41) is 3.85. The van der Waals surface area contributed by atoms with Crippen LogP contribution in [0.3, 0.4) is 0 Å². The zero-order valence-corrected chi connectivity index (χ0v) is 19.3. The number of allylic oxidation sites excluding steroid dienone is 3. The topological polar surface area (TPSA) is 18.5 Å². The molecule has 2 heterocycles. The fraction of sp³-hybridized carbons (Fsp3) is 0.448. The second-order valence-electron chi connectivity index (χ2n) is 10.0. The third-order valence-electron chi connectivity index (χ3n) is 7.66. The fourth-order valence-electron chi connectivity index (χ4n) is 5.95. The van der Waals surface area contributed by atoms with Crippen molar-refractivity contribution in [1.29, 1.82) is 0 Å². The Morgan fingerprint density at radius 3 is 2.38 bits per heavy atom. The highest BCUT2D eigenvalue weighted by Crippen LogP contribution is 2.42. The molecule has 32 heavy (non-hydrogen) atoms. The Balaban J connectivity index is 1.28. The van der Waals surface area contributed by atoms with Gasteiger partial charge in [0.1, 0.15) is 0 Å². The standard InChI is InChI=1S/C29H37N3/c1-4-10-25(11-5-1)16-18-31-19-17-27-21-32(20-26-12-6-2-7-13-26)24-29(27,23-31)22-30-28-14-8-3-9-15-28/h1-2,4-8,10-15,27,30H,3,9,16-24H2. The van der Waals surface area contributed by atoms with Gasteiger partial charge >= 0.3 is 0 Å². The lowest BCUT2D eigenvalue weighted by Crippen LogP contribution is -2.53. The van der Waals surface area contributed by atoms with Gasteiger partial charge in [0.25, 0.3) is 0 Å². The van der Waals surface area contributed by atoms with Gasteiger partial charge in [-0.3, -0.25) is 4.90 Å². The highest BCUT2D eigenvalue weighted by Gasteiger charge is 2.49. The lowest BCUT2D eigenvalue weighted by atomic mass is 9.73. The molecule has 2 unspecified atom stereocenters. The van der Waals surface area contributed by atoms with Crippen LogP contribution in [0.1, 0.15) is 30.4 Å². The summed E-state index contributed by atoms with van der Waals surface area (Å²) in [6.45, 7) is 8.20. The lowest BCUT2D eigenvalue weighted by Gasteiger charge is -2.45. The van der Waals surface area contributed by atoms with Crippen molar-refractivity contribution in [3.8, 4) is 0 Å². The second-order valence-corrected chi connectivity index (χ2v) is 10.0. The molecule has 2 saturated heterocycles. The summed E-state index contributed by atoms with van der Waals surface area (Å²) >= 11 is 0. The summed E-state index contributed by atoms with van der Waals surface area (Å²) in [5.74, 6) is 0.778. The van der Waals surface area contributed by atoms with Crippen LogP contribution in [0.4, 0.5) is 0 Å². The molecular weight excluding hydrogens is 390 g/mol. The SMILES string of the molecule is C1=CC(NCC23CN(CCc4ccccc4)CCC2CN(Cc2ccccc2)C3)=CCC1. The molecule has 0 amide bonds. The molecule has 5 rings (SSSR count). The highest BCUT2D eigenvalue weighted by atomic mass is 15.2. The Kier molecular flexibility index (Phi) is 6.75. The number of nitrogens with zero attached hydrogens (tertiary/aromatic N) is 2. The maximum absolute atomic E-state index is 3.85. The van der Waals surface area contributed by atoms with Gasteiger partial charge in [0.15, 0.2) is 0 Å². The van der Waals surface area contributed by atoms with E-state index in [-0.39, 0.29) is 0 Å². The third kappa shape index (κ3) is 5.16. The monoisotopic (exact) mass is 427 g/mol. The Bertz CT molecular complexity index is 920. The zero-order chi connectivity index (χ0) is 21.6. The van der Waals surface area contributed by atoms with E-state index in [4.69, 9.17) is 0 Å². The minimum atomic E-state index is 0.329. The summed E-state index contributed by atoms with van der Waals surface area (Å²) in [7, 11) is 0. The lowest BCUT2D eigenvalue weighted by molar-refractivity contribution is 0.0627. The van der Waals surface area contributed by atoms with Gasteiger partial charge in [0, 0.05) is 50.4 Å². The van der Waals surface area contributed by atoms with Gasteiger partial charge in [0.05, 0.1) is 0 Å². The number of fused-ring (bicyclic) bond motifs is 1. The summed E-state index contributed by atoms with van der Waals surface area (Å²) in [6, 6.07) is 22.0. The molecule has 2 aliphatic heterocycles. The molecule has 3 nitrogen and oxygen atoms in total. The van der Waals surface area contributed by atoms with Crippen LogP contribution in [-0.4, -0.2) is 49.1 Å². The van der Waals surface area contributed by atoms with Crippen LogP contribution in [0.15, 0.2) is 84.6 Å². The molecular formula is C29H37N3. The molecule has 0 saturated carbocycles. The average molecular weight is 428 g/mol. The minimum absolute atomic E-state index is 0.329. The maximum Gasteiger partial charge on any atom is 0.0296 e. The molecule has 2 fully saturated rings. The predicted molar refractivity (Wildman–Crippen MR) is 133 cm³/mol. The molecule has 0 bridgehead atoms. The van der Waals surface area contributed by atoms with Crippen molar-refractivity contribution in [3.63, 3.8) is 0 Å². The number of rotatable bonds is 8. The van der Waals surface area contributed by atoms with E-state index in [0.717, 1.165) is 25.4 Å².